The molecule has 16 heavy (non-hydrogen) atoms. The molecule has 4 heteroatoms. The van der Waals surface area contributed by atoms with E-state index in [9.17, 15) is 4.79 Å². The van der Waals surface area contributed by atoms with Crippen molar-refractivity contribution in [2.24, 2.45) is 0 Å². The first-order valence-corrected chi connectivity index (χ1v) is 5.47. The van der Waals surface area contributed by atoms with E-state index >= 15 is 0 Å². The van der Waals surface area contributed by atoms with Crippen molar-refractivity contribution in [2.75, 3.05) is 18.5 Å². The Labute approximate surface area is 94.2 Å². The minimum Gasteiger partial charge on any atom is -0.490 e. The SMILES string of the molecule is O=C(O)CCCc1ccc2c(c1)NCCO2. The normalized spacial score (nSPS) is 13.5. The highest BCUT2D eigenvalue weighted by Crippen LogP contribution is 2.28. The van der Waals surface area contributed by atoms with Gasteiger partial charge in [0, 0.05) is 13.0 Å². The smallest absolute Gasteiger partial charge is 0.303 e. The Balaban J connectivity index is 1.97. The number of aryl methyl sites for hydroxylation is 1. The molecule has 0 aliphatic carbocycles. The van der Waals surface area contributed by atoms with E-state index in [4.69, 9.17) is 9.84 Å². The quantitative estimate of drug-likeness (QED) is 0.815. The number of fused-ring (bicyclic) bond motifs is 1. The molecule has 0 aromatic heterocycles. The molecule has 1 aliphatic heterocycles. The molecule has 2 rings (SSSR count). The van der Waals surface area contributed by atoms with Crippen molar-refractivity contribution in [3.63, 3.8) is 0 Å². The van der Waals surface area contributed by atoms with Gasteiger partial charge >= 0.3 is 5.97 Å². The summed E-state index contributed by atoms with van der Waals surface area (Å²) in [5, 5.41) is 11.8. The van der Waals surface area contributed by atoms with Gasteiger partial charge in [0.15, 0.2) is 0 Å². The summed E-state index contributed by atoms with van der Waals surface area (Å²) < 4.78 is 5.46. The topological polar surface area (TPSA) is 58.6 Å². The lowest BCUT2D eigenvalue weighted by atomic mass is 10.1. The van der Waals surface area contributed by atoms with Crippen molar-refractivity contribution in [1.82, 2.24) is 0 Å². The molecule has 1 aromatic carbocycles. The second-order valence-electron chi connectivity index (χ2n) is 3.85. The van der Waals surface area contributed by atoms with E-state index in [1.807, 2.05) is 18.2 Å². The predicted molar refractivity (Wildman–Crippen MR) is 61.0 cm³/mol. The summed E-state index contributed by atoms with van der Waals surface area (Å²) in [6.45, 7) is 1.52. The Bertz CT molecular complexity index is 390. The fraction of sp³-hybridized carbons (Fsp3) is 0.417. The van der Waals surface area contributed by atoms with Crippen LogP contribution in [0, 0.1) is 0 Å². The number of hydrogen-bond donors (Lipinski definition) is 2. The highest BCUT2D eigenvalue weighted by molar-refractivity contribution is 5.66. The largest absolute Gasteiger partial charge is 0.490 e. The zero-order valence-corrected chi connectivity index (χ0v) is 9.03. The van der Waals surface area contributed by atoms with Gasteiger partial charge in [-0.1, -0.05) is 6.07 Å². The molecule has 0 unspecified atom stereocenters. The Morgan fingerprint density at radius 3 is 3.19 bits per heavy atom. The number of benzene rings is 1. The van der Waals surface area contributed by atoms with E-state index in [2.05, 4.69) is 5.32 Å². The van der Waals surface area contributed by atoms with Gasteiger partial charge in [0.05, 0.1) is 5.69 Å². The molecule has 0 amide bonds. The van der Waals surface area contributed by atoms with Crippen LogP contribution in [0.3, 0.4) is 0 Å². The molecule has 0 saturated carbocycles. The summed E-state index contributed by atoms with van der Waals surface area (Å²) in [6.07, 6.45) is 1.69. The maximum absolute atomic E-state index is 10.4. The first-order valence-electron chi connectivity index (χ1n) is 5.47. The zero-order valence-electron chi connectivity index (χ0n) is 9.03. The van der Waals surface area contributed by atoms with E-state index in [-0.39, 0.29) is 6.42 Å². The number of carboxylic acid groups (broad SMARTS) is 1. The standard InChI is InChI=1S/C12H15NO3/c14-12(15)3-1-2-9-4-5-11-10(8-9)13-6-7-16-11/h4-5,8,13H,1-3,6-7H2,(H,14,15). The summed E-state index contributed by atoms with van der Waals surface area (Å²) >= 11 is 0. The van der Waals surface area contributed by atoms with E-state index < -0.39 is 5.97 Å². The molecule has 1 heterocycles. The molecule has 1 aromatic rings. The number of ether oxygens (including phenoxy) is 1. The van der Waals surface area contributed by atoms with Crippen LogP contribution in [-0.4, -0.2) is 24.2 Å². The minimum absolute atomic E-state index is 0.223. The van der Waals surface area contributed by atoms with Crippen molar-refractivity contribution >= 4 is 11.7 Å². The van der Waals surface area contributed by atoms with Gasteiger partial charge in [-0.3, -0.25) is 4.79 Å². The first-order chi connectivity index (χ1) is 7.75. The van der Waals surface area contributed by atoms with Gasteiger partial charge in [-0.2, -0.15) is 0 Å². The van der Waals surface area contributed by atoms with Crippen LogP contribution in [0.1, 0.15) is 18.4 Å². The average molecular weight is 221 g/mol. The van der Waals surface area contributed by atoms with Crippen LogP contribution in [0.2, 0.25) is 0 Å². The number of carbonyl (C=O) groups is 1. The van der Waals surface area contributed by atoms with Crippen LogP contribution < -0.4 is 10.1 Å². The molecule has 0 bridgehead atoms. The number of rotatable bonds is 4. The summed E-state index contributed by atoms with van der Waals surface area (Å²) in [7, 11) is 0. The van der Waals surface area contributed by atoms with E-state index in [0.717, 1.165) is 30.0 Å². The average Bonchev–Trinajstić information content (AvgIpc) is 2.28. The Morgan fingerprint density at radius 1 is 1.50 bits per heavy atom. The van der Waals surface area contributed by atoms with Crippen LogP contribution in [-0.2, 0) is 11.2 Å². The van der Waals surface area contributed by atoms with E-state index in [1.165, 1.54) is 0 Å². The van der Waals surface area contributed by atoms with Crippen LogP contribution in [0.25, 0.3) is 0 Å². The van der Waals surface area contributed by atoms with Crippen molar-refractivity contribution in [3.05, 3.63) is 23.8 Å². The molecule has 0 spiro atoms. The second-order valence-corrected chi connectivity index (χ2v) is 3.85. The highest BCUT2D eigenvalue weighted by atomic mass is 16.5. The summed E-state index contributed by atoms with van der Waals surface area (Å²) in [6, 6.07) is 5.97. The van der Waals surface area contributed by atoms with Gasteiger partial charge in [-0.15, -0.1) is 0 Å². The van der Waals surface area contributed by atoms with Gasteiger partial charge in [0.25, 0.3) is 0 Å². The number of nitrogens with one attached hydrogen (secondary N) is 1. The summed E-state index contributed by atoms with van der Waals surface area (Å²) in [5.74, 6) is 0.146. The molecule has 2 N–H and O–H groups in total. The summed E-state index contributed by atoms with van der Waals surface area (Å²) in [5.41, 5.74) is 2.16. The number of hydrogen-bond acceptors (Lipinski definition) is 3. The highest BCUT2D eigenvalue weighted by Gasteiger charge is 2.09. The van der Waals surface area contributed by atoms with E-state index in [1.54, 1.807) is 0 Å². The van der Waals surface area contributed by atoms with E-state index in [0.29, 0.717) is 13.0 Å². The fourth-order valence-corrected chi connectivity index (χ4v) is 1.79. The van der Waals surface area contributed by atoms with Gasteiger partial charge in [-0.05, 0) is 30.5 Å². The third-order valence-corrected chi connectivity index (χ3v) is 2.58. The van der Waals surface area contributed by atoms with Crippen LogP contribution in [0.4, 0.5) is 5.69 Å². The number of anilines is 1. The lowest BCUT2D eigenvalue weighted by molar-refractivity contribution is -0.137. The predicted octanol–water partition coefficient (Wildman–Crippen LogP) is 1.90. The van der Waals surface area contributed by atoms with Crippen molar-refractivity contribution in [3.8, 4) is 5.75 Å². The van der Waals surface area contributed by atoms with Gasteiger partial charge in [0.1, 0.15) is 12.4 Å². The number of carboxylic acids is 1. The molecule has 0 radical (unpaired) electrons. The fourth-order valence-electron chi connectivity index (χ4n) is 1.79. The second kappa shape index (κ2) is 4.88. The minimum atomic E-state index is -0.737. The molecular formula is C12H15NO3. The molecular weight excluding hydrogens is 206 g/mol. The van der Waals surface area contributed by atoms with Crippen molar-refractivity contribution in [2.45, 2.75) is 19.3 Å². The molecule has 86 valence electrons. The molecule has 0 atom stereocenters. The van der Waals surface area contributed by atoms with Crippen LogP contribution in [0.5, 0.6) is 5.75 Å². The summed E-state index contributed by atoms with van der Waals surface area (Å²) in [4.78, 5) is 10.4. The van der Waals surface area contributed by atoms with Crippen molar-refractivity contribution in [1.29, 1.82) is 0 Å². The maximum atomic E-state index is 10.4. The molecule has 4 nitrogen and oxygen atoms in total. The molecule has 0 saturated heterocycles. The monoisotopic (exact) mass is 221 g/mol. The molecule has 1 aliphatic rings. The Hall–Kier alpha value is -1.71. The maximum Gasteiger partial charge on any atom is 0.303 e. The van der Waals surface area contributed by atoms with Gasteiger partial charge < -0.3 is 15.2 Å². The first kappa shape index (κ1) is 10.8. The Kier molecular flexibility index (Phi) is 3.29. The van der Waals surface area contributed by atoms with Crippen molar-refractivity contribution < 1.29 is 14.6 Å². The van der Waals surface area contributed by atoms with Gasteiger partial charge in [0.2, 0.25) is 0 Å². The third kappa shape index (κ3) is 2.66. The van der Waals surface area contributed by atoms with Crippen LogP contribution >= 0.6 is 0 Å². The van der Waals surface area contributed by atoms with Gasteiger partial charge in [-0.25, -0.2) is 0 Å². The Morgan fingerprint density at radius 2 is 2.38 bits per heavy atom. The third-order valence-electron chi connectivity index (χ3n) is 2.58. The molecule has 0 fully saturated rings. The zero-order chi connectivity index (χ0) is 11.4. The lowest BCUT2D eigenvalue weighted by Gasteiger charge is -2.19. The number of aliphatic carboxylic acids is 1. The van der Waals surface area contributed by atoms with Crippen LogP contribution in [0.15, 0.2) is 18.2 Å². The lowest BCUT2D eigenvalue weighted by Crippen LogP contribution is -2.18.